The zero-order chi connectivity index (χ0) is 26.0. The molecule has 0 aromatic carbocycles. The fourth-order valence-corrected chi connectivity index (χ4v) is 4.64. The maximum absolute atomic E-state index is 11.5. The van der Waals surface area contributed by atoms with Crippen LogP contribution in [0.1, 0.15) is 98.3 Å². The lowest BCUT2D eigenvalue weighted by atomic mass is 10.0. The van der Waals surface area contributed by atoms with Gasteiger partial charge in [-0.1, -0.05) is 58.1 Å². The summed E-state index contributed by atoms with van der Waals surface area (Å²) < 4.78 is 0.171. The van der Waals surface area contributed by atoms with Gasteiger partial charge in [-0.2, -0.15) is 0 Å². The van der Waals surface area contributed by atoms with Crippen LogP contribution in [0.4, 0.5) is 0 Å². The number of quaternary nitrogens is 1. The summed E-state index contributed by atoms with van der Waals surface area (Å²) in [6.45, 7) is 8.13. The van der Waals surface area contributed by atoms with Crippen molar-refractivity contribution in [1.82, 2.24) is 0 Å². The van der Waals surface area contributed by atoms with E-state index in [0.29, 0.717) is 6.54 Å². The molecule has 0 aliphatic carbocycles. The van der Waals surface area contributed by atoms with Crippen molar-refractivity contribution < 1.29 is 34.2 Å². The van der Waals surface area contributed by atoms with Gasteiger partial charge >= 0.3 is 11.9 Å². The Kier molecular flexibility index (Phi) is 17.4. The molecule has 7 nitrogen and oxygen atoms in total. The number of carboxylic acids is 3. The van der Waals surface area contributed by atoms with E-state index in [4.69, 9.17) is 0 Å². The Morgan fingerprint density at radius 1 is 0.706 bits per heavy atom. The Morgan fingerprint density at radius 2 is 1.12 bits per heavy atom. The molecule has 7 heteroatoms. The van der Waals surface area contributed by atoms with Gasteiger partial charge in [-0.3, -0.25) is 9.59 Å². The number of carbonyl (C=O) groups excluding carboxylic acids is 1. The average molecular weight is 484 g/mol. The van der Waals surface area contributed by atoms with Crippen LogP contribution >= 0.6 is 0 Å². The van der Waals surface area contributed by atoms with Gasteiger partial charge in [0.1, 0.15) is 11.8 Å². The van der Waals surface area contributed by atoms with Crippen LogP contribution in [0.15, 0.2) is 12.2 Å². The van der Waals surface area contributed by atoms with Gasteiger partial charge in [0.15, 0.2) is 0 Å². The third kappa shape index (κ3) is 15.1. The molecule has 0 saturated heterocycles. The molecule has 0 bridgehead atoms. The first-order valence-corrected chi connectivity index (χ1v) is 13.2. The van der Waals surface area contributed by atoms with Crippen LogP contribution in [0.5, 0.6) is 0 Å². The molecule has 0 rings (SSSR count). The molecular formula is C27H49NO6. The highest BCUT2D eigenvalue weighted by Crippen LogP contribution is 2.21. The molecule has 0 amide bonds. The molecule has 3 unspecified atom stereocenters. The van der Waals surface area contributed by atoms with Crippen molar-refractivity contribution in [2.75, 3.05) is 26.2 Å². The van der Waals surface area contributed by atoms with Crippen LogP contribution in [0.25, 0.3) is 0 Å². The molecule has 3 atom stereocenters. The molecule has 0 radical (unpaired) electrons. The Hall–Kier alpha value is -1.89. The maximum atomic E-state index is 11.5. The highest BCUT2D eigenvalue weighted by atomic mass is 16.4. The van der Waals surface area contributed by atoms with Crippen molar-refractivity contribution in [3.05, 3.63) is 12.2 Å². The first-order chi connectivity index (χ1) is 16.0. The predicted octanol–water partition coefficient (Wildman–Crippen LogP) is 4.50. The van der Waals surface area contributed by atoms with Crippen molar-refractivity contribution in [2.45, 2.75) is 98.3 Å². The molecular weight excluding hydrogens is 434 g/mol. The van der Waals surface area contributed by atoms with E-state index in [1.165, 1.54) is 38.5 Å². The molecule has 0 saturated carbocycles. The summed E-state index contributed by atoms with van der Waals surface area (Å²) in [6.07, 6.45) is 17.1. The number of carbonyl (C=O) groups is 3. The molecule has 198 valence electrons. The fourth-order valence-electron chi connectivity index (χ4n) is 4.64. The molecule has 0 aliphatic rings. The lowest BCUT2D eigenvalue weighted by Crippen LogP contribution is -2.58. The second-order valence-corrected chi connectivity index (χ2v) is 10.2. The Bertz CT molecular complexity index is 563. The van der Waals surface area contributed by atoms with Gasteiger partial charge in [0.25, 0.3) is 0 Å². The lowest BCUT2D eigenvalue weighted by Gasteiger charge is -2.43. The Morgan fingerprint density at radius 3 is 1.56 bits per heavy atom. The average Bonchev–Trinajstić information content (AvgIpc) is 2.76. The van der Waals surface area contributed by atoms with Gasteiger partial charge in [0, 0.05) is 11.9 Å². The molecule has 0 heterocycles. The zero-order valence-electron chi connectivity index (χ0n) is 22.0. The zero-order valence-corrected chi connectivity index (χ0v) is 22.0. The maximum Gasteiger partial charge on any atom is 0.311 e. The first-order valence-electron chi connectivity index (χ1n) is 13.2. The Balaban J connectivity index is 4.81. The lowest BCUT2D eigenvalue weighted by molar-refractivity contribution is -0.934. The summed E-state index contributed by atoms with van der Waals surface area (Å²) >= 11 is 0. The van der Waals surface area contributed by atoms with E-state index in [2.05, 4.69) is 19.1 Å². The minimum atomic E-state index is -1.19. The minimum Gasteiger partial charge on any atom is -0.550 e. The molecule has 0 aromatic heterocycles. The van der Waals surface area contributed by atoms with Crippen LogP contribution in [-0.4, -0.2) is 58.8 Å². The molecule has 0 aliphatic heterocycles. The smallest absolute Gasteiger partial charge is 0.311 e. The largest absolute Gasteiger partial charge is 0.550 e. The van der Waals surface area contributed by atoms with Crippen molar-refractivity contribution in [2.24, 2.45) is 17.8 Å². The Labute approximate surface area is 206 Å². The minimum absolute atomic E-state index is 0.171. The number of unbranched alkanes of at least 4 members (excludes halogenated alkanes) is 9. The number of aliphatic carboxylic acids is 3. The van der Waals surface area contributed by atoms with Gasteiger partial charge in [0.05, 0.1) is 26.2 Å². The molecule has 34 heavy (non-hydrogen) atoms. The van der Waals surface area contributed by atoms with Gasteiger partial charge in [-0.15, -0.1) is 0 Å². The quantitative estimate of drug-likeness (QED) is 0.133. The van der Waals surface area contributed by atoms with Crippen LogP contribution in [-0.2, 0) is 14.4 Å². The summed E-state index contributed by atoms with van der Waals surface area (Å²) in [5.41, 5.74) is 0. The van der Waals surface area contributed by atoms with E-state index in [0.717, 1.165) is 32.1 Å². The number of hydrogen-bond donors (Lipinski definition) is 2. The summed E-state index contributed by atoms with van der Waals surface area (Å²) in [7, 11) is 0. The predicted molar refractivity (Wildman–Crippen MR) is 133 cm³/mol. The number of allylic oxidation sites excluding steroid dienone is 2. The van der Waals surface area contributed by atoms with E-state index in [-0.39, 0.29) is 24.1 Å². The monoisotopic (exact) mass is 483 g/mol. The summed E-state index contributed by atoms with van der Waals surface area (Å²) in [5, 5.41) is 30.4. The standard InChI is InChI=1S/C27H49NO6/c1-5-6-7-8-9-10-11-12-13-14-15-16-17-18-28(19-22(2)25(29)30,20-23(3)26(31)32)21-24(4)27(33)34/h12-13,22-24H,5-11,14-21H2,1-4H3,(H2-,29,30,31,32,33,34)/b13-12+. The van der Waals surface area contributed by atoms with Crippen LogP contribution < -0.4 is 5.11 Å². The normalized spacial score (nSPS) is 16.1. The number of carboxylic acid groups (broad SMARTS) is 3. The van der Waals surface area contributed by atoms with Crippen molar-refractivity contribution in [1.29, 1.82) is 0 Å². The fraction of sp³-hybridized carbons (Fsp3) is 0.815. The third-order valence-electron chi connectivity index (χ3n) is 6.62. The second kappa shape index (κ2) is 18.4. The third-order valence-corrected chi connectivity index (χ3v) is 6.62. The van der Waals surface area contributed by atoms with E-state index in [1.54, 1.807) is 20.8 Å². The van der Waals surface area contributed by atoms with Gasteiger partial charge < -0.3 is 24.6 Å². The number of nitrogens with zero attached hydrogens (tertiary/aromatic N) is 1. The van der Waals surface area contributed by atoms with Gasteiger partial charge in [-0.05, 0) is 52.4 Å². The van der Waals surface area contributed by atoms with E-state index in [1.807, 2.05) is 0 Å². The molecule has 0 fully saturated rings. The second-order valence-electron chi connectivity index (χ2n) is 10.2. The van der Waals surface area contributed by atoms with Gasteiger partial charge in [-0.25, -0.2) is 0 Å². The van der Waals surface area contributed by atoms with Crippen molar-refractivity contribution in [3.8, 4) is 0 Å². The van der Waals surface area contributed by atoms with Gasteiger partial charge in [0.2, 0.25) is 0 Å². The number of rotatable bonds is 22. The van der Waals surface area contributed by atoms with Crippen molar-refractivity contribution in [3.63, 3.8) is 0 Å². The van der Waals surface area contributed by atoms with E-state index >= 15 is 0 Å². The summed E-state index contributed by atoms with van der Waals surface area (Å²) in [4.78, 5) is 34.5. The first kappa shape index (κ1) is 32.1. The van der Waals surface area contributed by atoms with E-state index < -0.39 is 35.7 Å². The molecule has 2 N–H and O–H groups in total. The highest BCUT2D eigenvalue weighted by molar-refractivity contribution is 5.70. The SMILES string of the molecule is CCCCCCCC/C=C/CCCCC[N+](CC(C)C(=O)[O-])(CC(C)C(=O)O)CC(C)C(=O)O. The van der Waals surface area contributed by atoms with E-state index in [9.17, 15) is 29.7 Å². The topological polar surface area (TPSA) is 115 Å². The van der Waals surface area contributed by atoms with Crippen molar-refractivity contribution >= 4 is 17.9 Å². The van der Waals surface area contributed by atoms with Crippen LogP contribution in [0.3, 0.4) is 0 Å². The number of hydrogen-bond acceptors (Lipinski definition) is 4. The molecule has 0 aromatic rings. The highest BCUT2D eigenvalue weighted by Gasteiger charge is 2.36. The van der Waals surface area contributed by atoms with Crippen LogP contribution in [0, 0.1) is 17.8 Å². The summed E-state index contributed by atoms with van der Waals surface area (Å²) in [6, 6.07) is 0. The molecule has 0 spiro atoms. The van der Waals surface area contributed by atoms with Crippen LogP contribution in [0.2, 0.25) is 0 Å². The summed E-state index contributed by atoms with van der Waals surface area (Å²) in [5.74, 6) is -5.28.